The summed E-state index contributed by atoms with van der Waals surface area (Å²) in [6.45, 7) is 4.62. The van der Waals surface area contributed by atoms with Gasteiger partial charge in [0.25, 0.3) is 0 Å². The quantitative estimate of drug-likeness (QED) is 0.520. The van der Waals surface area contributed by atoms with Crippen LogP contribution in [0.25, 0.3) is 0 Å². The van der Waals surface area contributed by atoms with Gasteiger partial charge in [0.2, 0.25) is 0 Å². The van der Waals surface area contributed by atoms with Crippen LogP contribution in [0, 0.1) is 5.92 Å². The van der Waals surface area contributed by atoms with Crippen molar-refractivity contribution in [3.05, 3.63) is 59.9 Å². The summed E-state index contributed by atoms with van der Waals surface area (Å²) >= 11 is 0. The molecule has 2 fully saturated rings. The van der Waals surface area contributed by atoms with Crippen molar-refractivity contribution in [2.24, 2.45) is 10.9 Å². The number of likely N-dealkylation sites (tertiary alicyclic amines) is 1. The van der Waals surface area contributed by atoms with E-state index < -0.39 is 0 Å². The summed E-state index contributed by atoms with van der Waals surface area (Å²) in [7, 11) is 1.83. The average Bonchev–Trinajstić information content (AvgIpc) is 3.62. The van der Waals surface area contributed by atoms with Crippen LogP contribution >= 0.6 is 0 Å². The number of hydrogen-bond donors (Lipinski definition) is 2. The summed E-state index contributed by atoms with van der Waals surface area (Å²) in [5.41, 5.74) is 2.32. The highest BCUT2D eigenvalue weighted by Gasteiger charge is 2.23. The van der Waals surface area contributed by atoms with Gasteiger partial charge in [-0.3, -0.25) is 14.9 Å². The minimum atomic E-state index is 0.442. The van der Waals surface area contributed by atoms with Gasteiger partial charge in [0, 0.05) is 51.0 Å². The number of aromatic nitrogens is 1. The number of nitrogens with one attached hydrogen (secondary N) is 2. The van der Waals surface area contributed by atoms with Crippen LogP contribution in [-0.4, -0.2) is 48.6 Å². The first-order valence-electron chi connectivity index (χ1n) is 11.1. The third kappa shape index (κ3) is 6.20. The second-order valence-corrected chi connectivity index (χ2v) is 8.30. The minimum Gasteiger partial charge on any atom is -0.493 e. The molecule has 0 bridgehead atoms. The molecule has 0 radical (unpaired) electrons. The fraction of sp³-hybridized carbons (Fsp3) is 0.500. The minimum absolute atomic E-state index is 0.442. The lowest BCUT2D eigenvalue weighted by Crippen LogP contribution is -2.48. The van der Waals surface area contributed by atoms with Crippen LogP contribution in [0.5, 0.6) is 5.75 Å². The van der Waals surface area contributed by atoms with E-state index >= 15 is 0 Å². The molecule has 2 N–H and O–H groups in total. The van der Waals surface area contributed by atoms with E-state index in [0.717, 1.165) is 62.4 Å². The molecule has 0 atom stereocenters. The lowest BCUT2D eigenvalue weighted by Gasteiger charge is -2.32. The zero-order valence-corrected chi connectivity index (χ0v) is 17.9. The van der Waals surface area contributed by atoms with Gasteiger partial charge in [0.1, 0.15) is 5.75 Å². The Morgan fingerprint density at radius 3 is 2.63 bits per heavy atom. The van der Waals surface area contributed by atoms with Crippen molar-refractivity contribution in [1.82, 2.24) is 20.5 Å². The normalized spacial score (nSPS) is 18.2. The largest absolute Gasteiger partial charge is 0.493 e. The first kappa shape index (κ1) is 20.7. The maximum atomic E-state index is 6.03. The van der Waals surface area contributed by atoms with E-state index in [-0.39, 0.29) is 0 Å². The van der Waals surface area contributed by atoms with Crippen molar-refractivity contribution < 1.29 is 4.74 Å². The highest BCUT2D eigenvalue weighted by Crippen LogP contribution is 2.30. The standard InChI is InChI=1S/C24H33N5O/c1-25-24(27-16-20-6-2-3-8-23(20)30-18-19-9-10-19)28-21-11-14-29(15-12-21)17-22-7-4-5-13-26-22/h2-8,13,19,21H,9-12,14-18H2,1H3,(H2,25,27,28). The summed E-state index contributed by atoms with van der Waals surface area (Å²) in [6, 6.07) is 14.9. The van der Waals surface area contributed by atoms with Gasteiger partial charge in [-0.05, 0) is 49.8 Å². The first-order valence-corrected chi connectivity index (χ1v) is 11.1. The number of para-hydroxylation sites is 1. The van der Waals surface area contributed by atoms with Gasteiger partial charge >= 0.3 is 0 Å². The van der Waals surface area contributed by atoms with Crippen molar-refractivity contribution >= 4 is 5.96 Å². The molecule has 30 heavy (non-hydrogen) atoms. The van der Waals surface area contributed by atoms with E-state index in [0.29, 0.717) is 12.6 Å². The number of guanidine groups is 1. The van der Waals surface area contributed by atoms with Crippen molar-refractivity contribution in [1.29, 1.82) is 0 Å². The van der Waals surface area contributed by atoms with E-state index in [1.165, 1.54) is 18.4 Å². The number of rotatable bonds is 8. The maximum Gasteiger partial charge on any atom is 0.191 e. The van der Waals surface area contributed by atoms with Crippen molar-refractivity contribution in [3.8, 4) is 5.75 Å². The molecule has 0 amide bonds. The molecule has 2 heterocycles. The lowest BCUT2D eigenvalue weighted by atomic mass is 10.0. The number of benzene rings is 1. The molecular weight excluding hydrogens is 374 g/mol. The highest BCUT2D eigenvalue weighted by molar-refractivity contribution is 5.80. The predicted octanol–water partition coefficient (Wildman–Crippen LogP) is 3.20. The Hall–Kier alpha value is -2.60. The van der Waals surface area contributed by atoms with Gasteiger partial charge in [0.15, 0.2) is 5.96 Å². The molecule has 2 aromatic rings. The molecule has 4 rings (SSSR count). The topological polar surface area (TPSA) is 61.8 Å². The Morgan fingerprint density at radius 2 is 1.90 bits per heavy atom. The number of piperidine rings is 1. The molecule has 1 saturated carbocycles. The Bertz CT molecular complexity index is 813. The number of aliphatic imine (C=N–C) groups is 1. The van der Waals surface area contributed by atoms with Crippen LogP contribution in [-0.2, 0) is 13.1 Å². The van der Waals surface area contributed by atoms with Gasteiger partial charge in [-0.2, -0.15) is 0 Å². The van der Waals surface area contributed by atoms with E-state index in [2.05, 4.69) is 55.8 Å². The van der Waals surface area contributed by atoms with Crippen LogP contribution in [0.4, 0.5) is 0 Å². The summed E-state index contributed by atoms with van der Waals surface area (Å²) < 4.78 is 6.03. The smallest absolute Gasteiger partial charge is 0.191 e. The molecular formula is C24H33N5O. The van der Waals surface area contributed by atoms with Crippen LogP contribution in [0.1, 0.15) is 36.9 Å². The summed E-state index contributed by atoms with van der Waals surface area (Å²) in [4.78, 5) is 11.3. The summed E-state index contributed by atoms with van der Waals surface area (Å²) in [5.74, 6) is 2.59. The summed E-state index contributed by atoms with van der Waals surface area (Å²) in [5, 5.41) is 7.06. The third-order valence-electron chi connectivity index (χ3n) is 5.85. The van der Waals surface area contributed by atoms with E-state index in [1.807, 2.05) is 25.4 Å². The lowest BCUT2D eigenvalue weighted by molar-refractivity contribution is 0.196. The monoisotopic (exact) mass is 407 g/mol. The molecule has 6 nitrogen and oxygen atoms in total. The SMILES string of the molecule is CN=C(NCc1ccccc1OCC1CC1)NC1CCN(Cc2ccccn2)CC1. The van der Waals surface area contributed by atoms with E-state index in [1.54, 1.807) is 0 Å². The molecule has 1 saturated heterocycles. The van der Waals surface area contributed by atoms with Gasteiger partial charge in [-0.1, -0.05) is 24.3 Å². The van der Waals surface area contributed by atoms with Crippen molar-refractivity contribution in [2.75, 3.05) is 26.7 Å². The first-order chi connectivity index (χ1) is 14.8. The average molecular weight is 408 g/mol. The predicted molar refractivity (Wildman–Crippen MR) is 121 cm³/mol. The second-order valence-electron chi connectivity index (χ2n) is 8.30. The van der Waals surface area contributed by atoms with Gasteiger partial charge in [0.05, 0.1) is 12.3 Å². The number of hydrogen-bond acceptors (Lipinski definition) is 4. The van der Waals surface area contributed by atoms with Crippen LogP contribution in [0.2, 0.25) is 0 Å². The van der Waals surface area contributed by atoms with Crippen LogP contribution in [0.3, 0.4) is 0 Å². The molecule has 6 heteroatoms. The van der Waals surface area contributed by atoms with Crippen molar-refractivity contribution in [2.45, 2.75) is 44.8 Å². The fourth-order valence-electron chi connectivity index (χ4n) is 3.81. The van der Waals surface area contributed by atoms with Gasteiger partial charge < -0.3 is 15.4 Å². The fourth-order valence-corrected chi connectivity index (χ4v) is 3.81. The zero-order chi connectivity index (χ0) is 20.6. The number of pyridine rings is 1. The van der Waals surface area contributed by atoms with Crippen LogP contribution in [0.15, 0.2) is 53.7 Å². The Kier molecular flexibility index (Phi) is 7.19. The van der Waals surface area contributed by atoms with Gasteiger partial charge in [-0.15, -0.1) is 0 Å². The number of ether oxygens (including phenoxy) is 1. The van der Waals surface area contributed by atoms with E-state index in [9.17, 15) is 0 Å². The van der Waals surface area contributed by atoms with Crippen LogP contribution < -0.4 is 15.4 Å². The number of nitrogens with zero attached hydrogens (tertiary/aromatic N) is 3. The van der Waals surface area contributed by atoms with Gasteiger partial charge in [-0.25, -0.2) is 0 Å². The molecule has 1 aliphatic carbocycles. The second kappa shape index (κ2) is 10.4. The van der Waals surface area contributed by atoms with Crippen molar-refractivity contribution in [3.63, 3.8) is 0 Å². The third-order valence-corrected chi connectivity index (χ3v) is 5.85. The molecule has 0 unspecified atom stereocenters. The molecule has 160 valence electrons. The molecule has 0 spiro atoms. The molecule has 1 aromatic heterocycles. The molecule has 1 aliphatic heterocycles. The zero-order valence-electron chi connectivity index (χ0n) is 17.9. The molecule has 1 aromatic carbocycles. The molecule has 2 aliphatic rings. The highest BCUT2D eigenvalue weighted by atomic mass is 16.5. The van der Waals surface area contributed by atoms with E-state index in [4.69, 9.17) is 4.74 Å². The Morgan fingerprint density at radius 1 is 1.10 bits per heavy atom. The Balaban J connectivity index is 1.22. The Labute approximate surface area is 179 Å². The maximum absolute atomic E-state index is 6.03. The summed E-state index contributed by atoms with van der Waals surface area (Å²) in [6.07, 6.45) is 6.69.